The van der Waals surface area contributed by atoms with Crippen molar-refractivity contribution < 1.29 is 42.8 Å². The summed E-state index contributed by atoms with van der Waals surface area (Å²) >= 11 is 0. The predicted molar refractivity (Wildman–Crippen MR) is 78.5 cm³/mol. The highest BCUT2D eigenvalue weighted by Gasteiger charge is 2.49. The number of ether oxygens (including phenoxy) is 1. The Balaban J connectivity index is 2.08. The first-order chi connectivity index (χ1) is 11.2. The lowest BCUT2D eigenvalue weighted by atomic mass is 10.1. The van der Waals surface area contributed by atoms with E-state index >= 15 is 0 Å². The van der Waals surface area contributed by atoms with E-state index in [1.54, 1.807) is 0 Å². The number of aliphatic hydroxyl groups excluding tert-OH is 2. The molecule has 0 aliphatic carbocycles. The van der Waals surface area contributed by atoms with Crippen molar-refractivity contribution in [2.75, 3.05) is 13.2 Å². The van der Waals surface area contributed by atoms with Gasteiger partial charge in [0.1, 0.15) is 17.8 Å². The molecule has 0 spiro atoms. The largest absolute Gasteiger partial charge is 0.472 e. The van der Waals surface area contributed by atoms with Gasteiger partial charge in [0.15, 0.2) is 18.5 Å². The smallest absolute Gasteiger partial charge is 0.387 e. The van der Waals surface area contributed by atoms with Crippen LogP contribution in [0.3, 0.4) is 0 Å². The highest BCUT2D eigenvalue weighted by Crippen LogP contribution is 2.43. The number of hydrogen-bond donors (Lipinski definition) is 4. The number of aliphatic hydroxyl groups is 2. The third-order valence-corrected chi connectivity index (χ3v) is 4.49. The number of pyridine rings is 1. The summed E-state index contributed by atoms with van der Waals surface area (Å²) in [6.45, 7) is 1.04. The minimum Gasteiger partial charge on any atom is -0.387 e. The van der Waals surface area contributed by atoms with Crippen molar-refractivity contribution in [3.63, 3.8) is 0 Å². The molecule has 24 heavy (non-hydrogen) atoms. The fourth-order valence-electron chi connectivity index (χ4n) is 2.28. The zero-order valence-corrected chi connectivity index (χ0v) is 13.8. The summed E-state index contributed by atoms with van der Waals surface area (Å²) in [5.74, 6) is -0.657. The van der Waals surface area contributed by atoms with E-state index in [2.05, 4.69) is 4.52 Å². The van der Waals surface area contributed by atoms with E-state index in [0.717, 1.165) is 0 Å². The van der Waals surface area contributed by atoms with Gasteiger partial charge in [-0.25, -0.2) is 4.57 Å². The van der Waals surface area contributed by atoms with Gasteiger partial charge < -0.3 is 25.6 Å². The fraction of sp³-hybridized carbons (Fsp3) is 0.538. The Morgan fingerprint density at radius 2 is 2.12 bits per heavy atom. The molecule has 0 radical (unpaired) electrons. The molecule has 1 saturated heterocycles. The highest BCUT2D eigenvalue weighted by atomic mass is 31.2. The molecular formula is C13H20N2O8P+. The zero-order valence-electron chi connectivity index (χ0n) is 12.9. The Bertz CT molecular complexity index is 642. The van der Waals surface area contributed by atoms with Gasteiger partial charge in [-0.3, -0.25) is 13.8 Å². The highest BCUT2D eigenvalue weighted by molar-refractivity contribution is 7.47. The van der Waals surface area contributed by atoms with Crippen LogP contribution >= 0.6 is 7.82 Å². The number of phosphoric acid groups is 1. The van der Waals surface area contributed by atoms with E-state index in [1.165, 1.54) is 36.0 Å². The number of nitrogens with zero attached hydrogens (tertiary/aromatic N) is 1. The zero-order chi connectivity index (χ0) is 17.9. The molecule has 1 aliphatic rings. The number of carbonyl (C=O) groups is 1. The molecule has 2 heterocycles. The Labute approximate surface area is 138 Å². The van der Waals surface area contributed by atoms with Crippen molar-refractivity contribution in [2.24, 2.45) is 5.73 Å². The topological polar surface area (TPSA) is 152 Å². The fourth-order valence-corrected chi connectivity index (χ4v) is 3.01. The Morgan fingerprint density at radius 1 is 1.42 bits per heavy atom. The number of carbonyl (C=O) groups excluding carboxylic acids is 1. The first-order valence-corrected chi connectivity index (χ1v) is 8.69. The number of hydrogen-bond acceptors (Lipinski definition) is 7. The molecule has 5 atom stereocenters. The second kappa shape index (κ2) is 7.66. The molecule has 1 aromatic heterocycles. The molecule has 1 fully saturated rings. The van der Waals surface area contributed by atoms with Crippen LogP contribution in [0.5, 0.6) is 0 Å². The van der Waals surface area contributed by atoms with Gasteiger partial charge in [-0.1, -0.05) is 0 Å². The van der Waals surface area contributed by atoms with Crippen LogP contribution in [-0.2, 0) is 18.3 Å². The monoisotopic (exact) mass is 363 g/mol. The van der Waals surface area contributed by atoms with Crippen molar-refractivity contribution in [1.29, 1.82) is 0 Å². The summed E-state index contributed by atoms with van der Waals surface area (Å²) in [7, 11) is -4.24. The number of phosphoric ester groups is 1. The average Bonchev–Trinajstić information content (AvgIpc) is 2.81. The third-order valence-electron chi connectivity index (χ3n) is 3.43. The molecule has 3 unspecified atom stereocenters. The van der Waals surface area contributed by atoms with Crippen LogP contribution in [-0.4, -0.2) is 52.5 Å². The van der Waals surface area contributed by atoms with Crippen molar-refractivity contribution in [3.8, 4) is 0 Å². The van der Waals surface area contributed by atoms with Gasteiger partial charge in [-0.2, -0.15) is 4.57 Å². The molecule has 2 rings (SSSR count). The van der Waals surface area contributed by atoms with Gasteiger partial charge in [-0.15, -0.1) is 0 Å². The van der Waals surface area contributed by atoms with E-state index in [-0.39, 0.29) is 12.2 Å². The lowest BCUT2D eigenvalue weighted by Crippen LogP contribution is -2.46. The van der Waals surface area contributed by atoms with Crippen LogP contribution in [0.4, 0.5) is 0 Å². The Morgan fingerprint density at radius 3 is 2.75 bits per heavy atom. The molecule has 11 heteroatoms. The molecule has 1 aromatic rings. The van der Waals surface area contributed by atoms with Crippen LogP contribution in [0.25, 0.3) is 0 Å². The maximum atomic E-state index is 11.5. The molecular weight excluding hydrogens is 343 g/mol. The molecule has 1 aliphatic heterocycles. The minimum absolute atomic E-state index is 0.0249. The number of primary amides is 1. The average molecular weight is 363 g/mol. The maximum absolute atomic E-state index is 11.5. The lowest BCUT2D eigenvalue weighted by Gasteiger charge is -2.16. The van der Waals surface area contributed by atoms with Gasteiger partial charge in [-0.05, 0) is 13.0 Å². The van der Waals surface area contributed by atoms with Crippen LogP contribution < -0.4 is 10.3 Å². The lowest BCUT2D eigenvalue weighted by molar-refractivity contribution is -0.765. The van der Waals surface area contributed by atoms with Gasteiger partial charge >= 0.3 is 7.82 Å². The van der Waals surface area contributed by atoms with Crippen LogP contribution in [0.15, 0.2) is 24.5 Å². The van der Waals surface area contributed by atoms with Gasteiger partial charge in [0.25, 0.3) is 12.1 Å². The molecule has 10 nitrogen and oxygen atoms in total. The van der Waals surface area contributed by atoms with E-state index in [0.29, 0.717) is 0 Å². The van der Waals surface area contributed by atoms with E-state index in [9.17, 15) is 24.5 Å². The normalized spacial score (nSPS) is 29.3. The van der Waals surface area contributed by atoms with Crippen LogP contribution in [0.2, 0.25) is 0 Å². The number of amides is 1. The van der Waals surface area contributed by atoms with Crippen molar-refractivity contribution in [3.05, 3.63) is 30.1 Å². The first kappa shape index (κ1) is 18.9. The molecule has 0 bridgehead atoms. The quantitative estimate of drug-likeness (QED) is 0.350. The van der Waals surface area contributed by atoms with E-state index < -0.39 is 44.9 Å². The van der Waals surface area contributed by atoms with Crippen molar-refractivity contribution >= 4 is 13.7 Å². The predicted octanol–water partition coefficient (Wildman–Crippen LogP) is -1.15. The van der Waals surface area contributed by atoms with Crippen LogP contribution in [0.1, 0.15) is 23.5 Å². The minimum atomic E-state index is -4.24. The summed E-state index contributed by atoms with van der Waals surface area (Å²) in [6.07, 6.45) is -1.89. The summed E-state index contributed by atoms with van der Waals surface area (Å²) in [6, 6.07) is 3.02. The molecule has 0 saturated carbocycles. The van der Waals surface area contributed by atoms with E-state index in [4.69, 9.17) is 15.0 Å². The summed E-state index contributed by atoms with van der Waals surface area (Å²) in [4.78, 5) is 20.6. The van der Waals surface area contributed by atoms with Gasteiger partial charge in [0.2, 0.25) is 0 Å². The standard InChI is InChI=1S/C13H19N2O8P/c1-2-21-24(19,20)22-7-9-10(16)11(17)13(23-9)15-5-3-4-8(6-15)12(14)18/h3-6,9-11,13,16-17H,2,7H2,1H3,(H2-,14,18,19,20)/p+1/t9?,10-,11-,13?/m1/s1. The SMILES string of the molecule is CCOP(=O)(O)OCC1OC([n+]2cccc(C(N)=O)c2)[C@H](O)[C@@H]1O. The molecule has 134 valence electrons. The molecule has 5 N–H and O–H groups in total. The Kier molecular flexibility index (Phi) is 6.05. The van der Waals surface area contributed by atoms with Gasteiger partial charge in [0.05, 0.1) is 13.2 Å². The number of rotatable bonds is 7. The first-order valence-electron chi connectivity index (χ1n) is 7.19. The third kappa shape index (κ3) is 4.37. The van der Waals surface area contributed by atoms with Crippen LogP contribution in [0, 0.1) is 0 Å². The van der Waals surface area contributed by atoms with E-state index in [1.807, 2.05) is 0 Å². The number of aromatic nitrogens is 1. The maximum Gasteiger partial charge on any atom is 0.472 e. The molecule has 1 amide bonds. The summed E-state index contributed by atoms with van der Waals surface area (Å²) in [5.41, 5.74) is 5.39. The number of nitrogens with two attached hydrogens (primary N) is 1. The second-order valence-corrected chi connectivity index (χ2v) is 6.59. The Hall–Kier alpha value is -1.39. The van der Waals surface area contributed by atoms with Crippen molar-refractivity contribution in [2.45, 2.75) is 31.5 Å². The molecule has 0 aromatic carbocycles. The second-order valence-electron chi connectivity index (χ2n) is 5.13. The van der Waals surface area contributed by atoms with Crippen molar-refractivity contribution in [1.82, 2.24) is 0 Å². The van der Waals surface area contributed by atoms with Gasteiger partial charge in [0, 0.05) is 6.07 Å². The summed E-state index contributed by atoms with van der Waals surface area (Å²) in [5, 5.41) is 20.1. The summed E-state index contributed by atoms with van der Waals surface area (Å²) < 4.78 is 27.6.